The van der Waals surface area contributed by atoms with Crippen LogP contribution in [0.5, 0.6) is 11.5 Å². The van der Waals surface area contributed by atoms with Crippen LogP contribution in [0.15, 0.2) is 21.7 Å². The summed E-state index contributed by atoms with van der Waals surface area (Å²) in [7, 11) is 3.05. The zero-order chi connectivity index (χ0) is 16.5. The highest BCUT2D eigenvalue weighted by atomic mass is 79.9. The second-order valence-corrected chi connectivity index (χ2v) is 5.05. The Hall–Kier alpha value is -2.09. The van der Waals surface area contributed by atoms with Crippen molar-refractivity contribution in [1.29, 1.82) is 0 Å². The number of benzene rings is 1. The number of carbonyl (C=O) groups excluding carboxylic acids is 2. The monoisotopic (exact) mass is 371 g/mol. The SMILES string of the molecule is CCCNC(=O)C(=O)N/N=C\c1cc(Br)c(OC)c(OC)c1. The molecule has 7 nitrogen and oxygen atoms in total. The van der Waals surface area contributed by atoms with Crippen molar-refractivity contribution < 1.29 is 19.1 Å². The quantitative estimate of drug-likeness (QED) is 0.449. The number of rotatable bonds is 6. The Kier molecular flexibility index (Phi) is 7.38. The van der Waals surface area contributed by atoms with E-state index in [0.717, 1.165) is 6.42 Å². The van der Waals surface area contributed by atoms with Crippen molar-refractivity contribution in [3.8, 4) is 11.5 Å². The number of carbonyl (C=O) groups is 2. The minimum atomic E-state index is -0.816. The van der Waals surface area contributed by atoms with Crippen molar-refractivity contribution in [2.45, 2.75) is 13.3 Å². The lowest BCUT2D eigenvalue weighted by Gasteiger charge is -2.10. The topological polar surface area (TPSA) is 89.0 Å². The van der Waals surface area contributed by atoms with Crippen LogP contribution < -0.4 is 20.2 Å². The zero-order valence-electron chi connectivity index (χ0n) is 12.6. The first-order chi connectivity index (χ1) is 10.5. The van der Waals surface area contributed by atoms with E-state index in [1.807, 2.05) is 6.92 Å². The van der Waals surface area contributed by atoms with Crippen molar-refractivity contribution >= 4 is 34.0 Å². The third kappa shape index (κ3) is 5.03. The Bertz CT molecular complexity index is 575. The number of ether oxygens (including phenoxy) is 2. The number of hydrogen-bond acceptors (Lipinski definition) is 5. The Labute approximate surface area is 137 Å². The molecule has 2 amide bonds. The molecule has 120 valence electrons. The van der Waals surface area contributed by atoms with Gasteiger partial charge in [-0.25, -0.2) is 5.43 Å². The first-order valence-corrected chi connectivity index (χ1v) is 7.35. The van der Waals surface area contributed by atoms with Crippen molar-refractivity contribution in [3.63, 3.8) is 0 Å². The summed E-state index contributed by atoms with van der Waals surface area (Å²) in [6.45, 7) is 2.34. The van der Waals surface area contributed by atoms with E-state index in [4.69, 9.17) is 9.47 Å². The van der Waals surface area contributed by atoms with Crippen molar-refractivity contribution in [2.24, 2.45) is 5.10 Å². The van der Waals surface area contributed by atoms with Crippen molar-refractivity contribution in [3.05, 3.63) is 22.2 Å². The Morgan fingerprint density at radius 1 is 1.27 bits per heavy atom. The molecule has 0 aliphatic heterocycles. The van der Waals surface area contributed by atoms with Gasteiger partial charge >= 0.3 is 11.8 Å². The third-order valence-electron chi connectivity index (χ3n) is 2.58. The van der Waals surface area contributed by atoms with Crippen LogP contribution in [-0.4, -0.2) is 38.8 Å². The number of nitrogens with one attached hydrogen (secondary N) is 2. The molecule has 0 bridgehead atoms. The molecule has 22 heavy (non-hydrogen) atoms. The molecule has 0 saturated heterocycles. The molecule has 0 unspecified atom stereocenters. The van der Waals surface area contributed by atoms with Crippen LogP contribution in [0.25, 0.3) is 0 Å². The van der Waals surface area contributed by atoms with E-state index in [2.05, 4.69) is 31.8 Å². The highest BCUT2D eigenvalue weighted by Crippen LogP contribution is 2.35. The Morgan fingerprint density at radius 2 is 2.00 bits per heavy atom. The molecule has 0 saturated carbocycles. The lowest BCUT2D eigenvalue weighted by atomic mass is 10.2. The van der Waals surface area contributed by atoms with Crippen LogP contribution in [-0.2, 0) is 9.59 Å². The predicted octanol–water partition coefficient (Wildman–Crippen LogP) is 1.44. The largest absolute Gasteiger partial charge is 0.493 e. The molecule has 1 rings (SSSR count). The maximum absolute atomic E-state index is 11.4. The maximum atomic E-state index is 11.4. The lowest BCUT2D eigenvalue weighted by Crippen LogP contribution is -2.38. The molecular formula is C14H18BrN3O4. The van der Waals surface area contributed by atoms with Gasteiger partial charge in [-0.1, -0.05) is 6.92 Å². The summed E-state index contributed by atoms with van der Waals surface area (Å²) in [6.07, 6.45) is 2.15. The van der Waals surface area contributed by atoms with E-state index in [0.29, 0.717) is 28.1 Å². The lowest BCUT2D eigenvalue weighted by molar-refractivity contribution is -0.139. The van der Waals surface area contributed by atoms with E-state index in [9.17, 15) is 9.59 Å². The smallest absolute Gasteiger partial charge is 0.329 e. The van der Waals surface area contributed by atoms with Gasteiger partial charge in [-0.15, -0.1) is 0 Å². The van der Waals surface area contributed by atoms with Gasteiger partial charge in [0, 0.05) is 6.54 Å². The molecule has 0 aromatic heterocycles. The average molecular weight is 372 g/mol. The first-order valence-electron chi connectivity index (χ1n) is 6.56. The van der Waals surface area contributed by atoms with Gasteiger partial charge in [0.05, 0.1) is 24.9 Å². The van der Waals surface area contributed by atoms with E-state index < -0.39 is 11.8 Å². The summed E-state index contributed by atoms with van der Waals surface area (Å²) >= 11 is 3.35. The van der Waals surface area contributed by atoms with Crippen molar-refractivity contribution in [1.82, 2.24) is 10.7 Å². The molecule has 1 aromatic rings. The van der Waals surface area contributed by atoms with Gasteiger partial charge in [-0.2, -0.15) is 5.10 Å². The molecule has 0 aliphatic rings. The molecule has 0 radical (unpaired) electrons. The van der Waals surface area contributed by atoms with Gasteiger partial charge in [-0.3, -0.25) is 9.59 Å². The maximum Gasteiger partial charge on any atom is 0.329 e. The fraction of sp³-hybridized carbons (Fsp3) is 0.357. The molecule has 0 atom stereocenters. The minimum Gasteiger partial charge on any atom is -0.493 e. The average Bonchev–Trinajstić information content (AvgIpc) is 2.51. The van der Waals surface area contributed by atoms with Gasteiger partial charge in [0.1, 0.15) is 0 Å². The normalized spacial score (nSPS) is 10.4. The van der Waals surface area contributed by atoms with Crippen molar-refractivity contribution in [2.75, 3.05) is 20.8 Å². The molecule has 0 fully saturated rings. The number of hydrazone groups is 1. The Morgan fingerprint density at radius 3 is 2.59 bits per heavy atom. The summed E-state index contributed by atoms with van der Waals surface area (Å²) in [5.41, 5.74) is 2.82. The molecule has 2 N–H and O–H groups in total. The molecule has 0 spiro atoms. The van der Waals surface area contributed by atoms with Crippen LogP contribution in [0.4, 0.5) is 0 Å². The number of amides is 2. The molecule has 1 aromatic carbocycles. The minimum absolute atomic E-state index is 0.443. The number of nitrogens with zero attached hydrogens (tertiary/aromatic N) is 1. The fourth-order valence-corrected chi connectivity index (χ4v) is 2.17. The molecule has 0 aliphatic carbocycles. The van der Waals surface area contributed by atoms with E-state index in [-0.39, 0.29) is 0 Å². The van der Waals surface area contributed by atoms with Crippen LogP contribution >= 0.6 is 15.9 Å². The second kappa shape index (κ2) is 9.04. The summed E-state index contributed by atoms with van der Waals surface area (Å²) in [5, 5.41) is 6.19. The van der Waals surface area contributed by atoms with E-state index in [1.165, 1.54) is 20.4 Å². The first kappa shape index (κ1) is 18.0. The fourth-order valence-electron chi connectivity index (χ4n) is 1.55. The third-order valence-corrected chi connectivity index (χ3v) is 3.17. The zero-order valence-corrected chi connectivity index (χ0v) is 14.2. The number of hydrogen-bond donors (Lipinski definition) is 2. The summed E-state index contributed by atoms with van der Waals surface area (Å²) in [5.74, 6) is -0.454. The molecule has 0 heterocycles. The van der Waals surface area contributed by atoms with Gasteiger partial charge in [0.2, 0.25) is 0 Å². The molecular weight excluding hydrogens is 354 g/mol. The molecule has 8 heteroatoms. The van der Waals surface area contributed by atoms with Crippen LogP contribution in [0.1, 0.15) is 18.9 Å². The predicted molar refractivity (Wildman–Crippen MR) is 86.3 cm³/mol. The standard InChI is InChI=1S/C14H18BrN3O4/c1-4-5-16-13(19)14(20)18-17-8-9-6-10(15)12(22-3)11(7-9)21-2/h6-8H,4-5H2,1-3H3,(H,16,19)(H,18,20)/b17-8-. The van der Waals surface area contributed by atoms with Crippen LogP contribution in [0.3, 0.4) is 0 Å². The van der Waals surface area contributed by atoms with Crippen LogP contribution in [0, 0.1) is 0 Å². The summed E-state index contributed by atoms with van der Waals surface area (Å²) < 4.78 is 11.1. The van der Waals surface area contributed by atoms with Gasteiger partial charge in [0.15, 0.2) is 11.5 Å². The van der Waals surface area contributed by atoms with E-state index >= 15 is 0 Å². The van der Waals surface area contributed by atoms with Gasteiger partial charge in [0.25, 0.3) is 0 Å². The highest BCUT2D eigenvalue weighted by Gasteiger charge is 2.12. The van der Waals surface area contributed by atoms with E-state index in [1.54, 1.807) is 12.1 Å². The van der Waals surface area contributed by atoms with Gasteiger partial charge < -0.3 is 14.8 Å². The Balaban J connectivity index is 2.73. The number of methoxy groups -OCH3 is 2. The summed E-state index contributed by atoms with van der Waals surface area (Å²) in [4.78, 5) is 22.8. The highest BCUT2D eigenvalue weighted by molar-refractivity contribution is 9.10. The number of halogens is 1. The van der Waals surface area contributed by atoms with Crippen LogP contribution in [0.2, 0.25) is 0 Å². The second-order valence-electron chi connectivity index (χ2n) is 4.19. The van der Waals surface area contributed by atoms with Gasteiger partial charge in [-0.05, 0) is 40.0 Å². The summed E-state index contributed by atoms with van der Waals surface area (Å²) in [6, 6.07) is 3.44.